The Bertz CT molecular complexity index is 985. The fourth-order valence-corrected chi connectivity index (χ4v) is 2.31. The van der Waals surface area contributed by atoms with Gasteiger partial charge in [0.2, 0.25) is 0 Å². The van der Waals surface area contributed by atoms with Crippen LogP contribution in [0.2, 0.25) is 0 Å². The van der Waals surface area contributed by atoms with Crippen molar-refractivity contribution in [3.63, 3.8) is 0 Å². The molecule has 0 amide bonds. The summed E-state index contributed by atoms with van der Waals surface area (Å²) in [5.74, 6) is 0.163. The molecule has 0 saturated carbocycles. The standard InChI is InChI=1S/C17H12F3N5OS2/c18-17(19,20)26-14-7-5-13(6-8-14)25-10-21-15(24-25)12-3-1-11(2-4-12)9-22-23-16(27)28/h1-10H,(H2,23,27,28). The average molecular weight is 423 g/mol. The van der Waals surface area contributed by atoms with E-state index in [1.54, 1.807) is 6.21 Å². The van der Waals surface area contributed by atoms with Gasteiger partial charge in [-0.25, -0.2) is 9.67 Å². The van der Waals surface area contributed by atoms with Gasteiger partial charge in [-0.2, -0.15) is 5.10 Å². The summed E-state index contributed by atoms with van der Waals surface area (Å²) in [6.07, 6.45) is -1.67. The first-order valence-electron chi connectivity index (χ1n) is 7.70. The van der Waals surface area contributed by atoms with Gasteiger partial charge in [0.1, 0.15) is 12.1 Å². The molecular weight excluding hydrogens is 411 g/mol. The molecule has 0 atom stereocenters. The fourth-order valence-electron chi connectivity index (χ4n) is 2.20. The number of thiocarbonyl (C=S) groups is 1. The Balaban J connectivity index is 1.71. The van der Waals surface area contributed by atoms with Crippen LogP contribution in [0.15, 0.2) is 60.0 Å². The Morgan fingerprint density at radius 2 is 1.82 bits per heavy atom. The van der Waals surface area contributed by atoms with Crippen molar-refractivity contribution in [2.75, 3.05) is 0 Å². The second-order valence-electron chi connectivity index (χ2n) is 5.35. The Morgan fingerprint density at radius 3 is 2.43 bits per heavy atom. The minimum absolute atomic E-state index is 0.264. The van der Waals surface area contributed by atoms with Crippen LogP contribution in [0.25, 0.3) is 17.1 Å². The molecule has 1 aromatic heterocycles. The van der Waals surface area contributed by atoms with E-state index in [0.29, 0.717) is 11.5 Å². The molecule has 6 nitrogen and oxygen atoms in total. The lowest BCUT2D eigenvalue weighted by atomic mass is 10.1. The number of hydrogen-bond acceptors (Lipinski definition) is 5. The minimum Gasteiger partial charge on any atom is -0.406 e. The first-order valence-corrected chi connectivity index (χ1v) is 8.56. The number of ether oxygens (including phenoxy) is 1. The summed E-state index contributed by atoms with van der Waals surface area (Å²) in [7, 11) is 0. The molecule has 0 saturated heterocycles. The van der Waals surface area contributed by atoms with Gasteiger partial charge in [0.15, 0.2) is 10.1 Å². The van der Waals surface area contributed by atoms with Crippen LogP contribution in [0.1, 0.15) is 5.56 Å². The molecule has 0 aliphatic rings. The Morgan fingerprint density at radius 1 is 1.14 bits per heavy atom. The largest absolute Gasteiger partial charge is 0.573 e. The second kappa shape index (κ2) is 8.40. The lowest BCUT2D eigenvalue weighted by molar-refractivity contribution is -0.274. The number of thiol groups is 1. The van der Waals surface area contributed by atoms with E-state index < -0.39 is 6.36 Å². The molecule has 0 radical (unpaired) electrons. The number of alkyl halides is 3. The van der Waals surface area contributed by atoms with Gasteiger partial charge < -0.3 is 4.74 Å². The maximum atomic E-state index is 12.2. The van der Waals surface area contributed by atoms with Crippen molar-refractivity contribution < 1.29 is 17.9 Å². The maximum absolute atomic E-state index is 12.2. The second-order valence-corrected chi connectivity index (χ2v) is 6.51. The summed E-state index contributed by atoms with van der Waals surface area (Å²) < 4.78 is 42.2. The van der Waals surface area contributed by atoms with Crippen LogP contribution in [0.3, 0.4) is 0 Å². The fraction of sp³-hybridized carbons (Fsp3) is 0.0588. The molecule has 1 N–H and O–H groups in total. The third kappa shape index (κ3) is 5.54. The van der Waals surface area contributed by atoms with Gasteiger partial charge in [0.05, 0.1) is 11.9 Å². The molecule has 3 aromatic rings. The SMILES string of the molecule is FC(F)(F)Oc1ccc(-n2cnc(-c3ccc(C=NNC(=S)S)cc3)n2)cc1. The van der Waals surface area contributed by atoms with Crippen LogP contribution in [-0.4, -0.2) is 31.7 Å². The van der Waals surface area contributed by atoms with E-state index in [1.807, 2.05) is 24.3 Å². The van der Waals surface area contributed by atoms with Crippen molar-refractivity contribution in [2.45, 2.75) is 6.36 Å². The molecular formula is C17H12F3N5OS2. The van der Waals surface area contributed by atoms with Gasteiger partial charge >= 0.3 is 6.36 Å². The molecule has 2 aromatic carbocycles. The normalized spacial score (nSPS) is 11.6. The highest BCUT2D eigenvalue weighted by atomic mass is 32.1. The zero-order valence-electron chi connectivity index (χ0n) is 14.0. The van der Waals surface area contributed by atoms with Crippen LogP contribution in [-0.2, 0) is 0 Å². The minimum atomic E-state index is -4.73. The molecule has 0 fully saturated rings. The van der Waals surface area contributed by atoms with Crippen LogP contribution in [0.4, 0.5) is 13.2 Å². The van der Waals surface area contributed by atoms with Crippen LogP contribution in [0, 0.1) is 0 Å². The number of hydrazone groups is 1. The topological polar surface area (TPSA) is 64.3 Å². The van der Waals surface area contributed by atoms with Crippen molar-refractivity contribution in [1.82, 2.24) is 20.2 Å². The zero-order chi connectivity index (χ0) is 20.1. The third-order valence-corrected chi connectivity index (χ3v) is 3.56. The first-order chi connectivity index (χ1) is 13.3. The quantitative estimate of drug-likeness (QED) is 0.281. The summed E-state index contributed by atoms with van der Waals surface area (Å²) in [5.41, 5.74) is 4.69. The molecule has 0 bridgehead atoms. The van der Waals surface area contributed by atoms with Gasteiger partial charge in [-0.3, -0.25) is 5.43 Å². The first kappa shape index (κ1) is 19.8. The monoisotopic (exact) mass is 423 g/mol. The summed E-state index contributed by atoms with van der Waals surface area (Å²) in [6.45, 7) is 0. The van der Waals surface area contributed by atoms with E-state index in [4.69, 9.17) is 12.2 Å². The van der Waals surface area contributed by atoms with E-state index in [1.165, 1.54) is 35.3 Å². The molecule has 0 spiro atoms. The number of halogens is 3. The van der Waals surface area contributed by atoms with Crippen LogP contribution in [0.5, 0.6) is 5.75 Å². The maximum Gasteiger partial charge on any atom is 0.573 e. The molecule has 11 heteroatoms. The molecule has 0 aliphatic carbocycles. The lowest BCUT2D eigenvalue weighted by Gasteiger charge is -2.09. The Kier molecular flexibility index (Phi) is 5.95. The zero-order valence-corrected chi connectivity index (χ0v) is 15.7. The van der Waals surface area contributed by atoms with Crippen molar-refractivity contribution in [3.8, 4) is 22.8 Å². The van der Waals surface area contributed by atoms with Gasteiger partial charge in [0.25, 0.3) is 0 Å². The van der Waals surface area contributed by atoms with E-state index in [-0.39, 0.29) is 10.1 Å². The Labute approximate surface area is 168 Å². The predicted molar refractivity (Wildman–Crippen MR) is 106 cm³/mol. The van der Waals surface area contributed by atoms with E-state index >= 15 is 0 Å². The van der Waals surface area contributed by atoms with Crippen LogP contribution >= 0.6 is 24.8 Å². The molecule has 0 aliphatic heterocycles. The number of rotatable bonds is 5. The Hall–Kier alpha value is -2.92. The van der Waals surface area contributed by atoms with Crippen molar-refractivity contribution in [3.05, 3.63) is 60.4 Å². The summed E-state index contributed by atoms with van der Waals surface area (Å²) >= 11 is 8.63. The van der Waals surface area contributed by atoms with Gasteiger partial charge in [0, 0.05) is 5.56 Å². The number of nitrogens with one attached hydrogen (secondary N) is 1. The average Bonchev–Trinajstić information content (AvgIpc) is 3.11. The van der Waals surface area contributed by atoms with Gasteiger partial charge in [-0.15, -0.1) is 30.9 Å². The highest BCUT2D eigenvalue weighted by molar-refractivity contribution is 8.11. The van der Waals surface area contributed by atoms with E-state index in [9.17, 15) is 13.2 Å². The van der Waals surface area contributed by atoms with Crippen molar-refractivity contribution >= 4 is 35.4 Å². The molecule has 3 rings (SSSR count). The smallest absolute Gasteiger partial charge is 0.406 e. The molecule has 144 valence electrons. The third-order valence-electron chi connectivity index (χ3n) is 3.37. The van der Waals surface area contributed by atoms with E-state index in [2.05, 4.69) is 38.0 Å². The van der Waals surface area contributed by atoms with Crippen molar-refractivity contribution in [1.29, 1.82) is 0 Å². The summed E-state index contributed by atoms with van der Waals surface area (Å²) in [4.78, 5) is 4.23. The van der Waals surface area contributed by atoms with Crippen molar-refractivity contribution in [2.24, 2.45) is 5.10 Å². The number of hydrogen-bond donors (Lipinski definition) is 2. The van der Waals surface area contributed by atoms with Gasteiger partial charge in [-0.05, 0) is 29.8 Å². The van der Waals surface area contributed by atoms with E-state index in [0.717, 1.165) is 11.1 Å². The van der Waals surface area contributed by atoms with Crippen LogP contribution < -0.4 is 10.2 Å². The highest BCUT2D eigenvalue weighted by Crippen LogP contribution is 2.24. The number of nitrogens with zero attached hydrogens (tertiary/aromatic N) is 4. The highest BCUT2D eigenvalue weighted by Gasteiger charge is 2.30. The lowest BCUT2D eigenvalue weighted by Crippen LogP contribution is -2.17. The molecule has 28 heavy (non-hydrogen) atoms. The molecule has 0 unspecified atom stereocenters. The predicted octanol–water partition coefficient (Wildman–Crippen LogP) is 3.97. The summed E-state index contributed by atoms with van der Waals surface area (Å²) in [6, 6.07) is 12.6. The number of aromatic nitrogens is 3. The summed E-state index contributed by atoms with van der Waals surface area (Å²) in [5, 5.41) is 8.25. The molecule has 1 heterocycles. The van der Waals surface area contributed by atoms with Gasteiger partial charge in [-0.1, -0.05) is 36.5 Å². The number of benzene rings is 2.